The van der Waals surface area contributed by atoms with Crippen molar-refractivity contribution in [2.45, 2.75) is 31.7 Å². The highest BCUT2D eigenvalue weighted by Gasteiger charge is 2.65. The van der Waals surface area contributed by atoms with Gasteiger partial charge in [0.2, 0.25) is 17.7 Å². The number of nitrogen functional groups attached to an aromatic ring is 1. The van der Waals surface area contributed by atoms with Gasteiger partial charge in [-0.3, -0.25) is 14.5 Å². The number of nitrogens with one attached hydrogen (secondary N) is 1. The van der Waals surface area contributed by atoms with E-state index >= 15 is 0 Å². The molecule has 1 heterocycles. The van der Waals surface area contributed by atoms with Crippen molar-refractivity contribution in [1.29, 1.82) is 0 Å². The van der Waals surface area contributed by atoms with Crippen LogP contribution in [0.4, 0.5) is 14.5 Å². The molecule has 1 aliphatic heterocycles. The third-order valence-electron chi connectivity index (χ3n) is 6.57. The minimum atomic E-state index is -2.61. The van der Waals surface area contributed by atoms with Gasteiger partial charge in [0.15, 0.2) is 0 Å². The molecule has 0 spiro atoms. The van der Waals surface area contributed by atoms with Crippen molar-refractivity contribution in [3.8, 4) is 0 Å². The third-order valence-corrected chi connectivity index (χ3v) is 6.80. The molecule has 1 aromatic carbocycles. The molecule has 2 unspecified atom stereocenters. The Balaban J connectivity index is 1.15. The molecule has 1 aromatic rings. The van der Waals surface area contributed by atoms with E-state index in [4.69, 9.17) is 17.3 Å². The van der Waals surface area contributed by atoms with Crippen molar-refractivity contribution in [2.75, 3.05) is 38.5 Å². The van der Waals surface area contributed by atoms with Gasteiger partial charge in [-0.05, 0) is 35.6 Å². The fourth-order valence-electron chi connectivity index (χ4n) is 4.84. The van der Waals surface area contributed by atoms with E-state index < -0.39 is 5.92 Å². The number of carbonyl (C=O) groups excluding carboxylic acids is 2. The van der Waals surface area contributed by atoms with E-state index in [9.17, 15) is 18.4 Å². The zero-order valence-electron chi connectivity index (χ0n) is 16.8. The highest BCUT2D eigenvalue weighted by atomic mass is 35.5. The Morgan fingerprint density at radius 3 is 2.50 bits per heavy atom. The Kier molecular flexibility index (Phi) is 5.90. The second kappa shape index (κ2) is 8.30. The molecule has 4 rings (SSSR count). The zero-order valence-corrected chi connectivity index (χ0v) is 17.5. The van der Waals surface area contributed by atoms with Gasteiger partial charge in [0.05, 0.1) is 0 Å². The van der Waals surface area contributed by atoms with Crippen molar-refractivity contribution in [2.24, 2.45) is 17.8 Å². The van der Waals surface area contributed by atoms with Crippen LogP contribution < -0.4 is 11.1 Å². The minimum absolute atomic E-state index is 0.000237. The van der Waals surface area contributed by atoms with Gasteiger partial charge >= 0.3 is 0 Å². The smallest absolute Gasteiger partial charge is 0.248 e. The fraction of sp³-hybridized carbons (Fsp3) is 0.619. The standard InChI is InChI=1S/C21H27ClF2N4O2/c22-14-1-2-17(25)13(9-14)12-27-5-7-28(8-6-27)18(29)3-4-26-20(30)19-15-10-21(23,24)11-16(15)19/h1-2,9,15-16,19H,3-8,10-12,25H2,(H,26,30). The van der Waals surface area contributed by atoms with Crippen LogP contribution in [0.5, 0.6) is 0 Å². The second-order valence-corrected chi connectivity index (χ2v) is 9.10. The number of carbonyl (C=O) groups is 2. The maximum atomic E-state index is 13.2. The zero-order chi connectivity index (χ0) is 21.5. The number of hydrogen-bond donors (Lipinski definition) is 2. The molecule has 164 valence electrons. The predicted molar refractivity (Wildman–Crippen MR) is 110 cm³/mol. The lowest BCUT2D eigenvalue weighted by Gasteiger charge is -2.35. The van der Waals surface area contributed by atoms with Crippen molar-refractivity contribution in [1.82, 2.24) is 15.1 Å². The lowest BCUT2D eigenvalue weighted by atomic mass is 10.1. The van der Waals surface area contributed by atoms with Gasteiger partial charge in [-0.2, -0.15) is 0 Å². The van der Waals surface area contributed by atoms with Crippen LogP contribution in [0, 0.1) is 17.8 Å². The van der Waals surface area contributed by atoms with Gasteiger partial charge in [0, 0.05) is 75.2 Å². The summed E-state index contributed by atoms with van der Waals surface area (Å²) in [6.07, 6.45) is -0.134. The van der Waals surface area contributed by atoms with E-state index in [-0.39, 0.29) is 55.4 Å². The molecule has 9 heteroatoms. The van der Waals surface area contributed by atoms with Crippen LogP contribution in [0.3, 0.4) is 0 Å². The van der Waals surface area contributed by atoms with Crippen LogP contribution in [0.1, 0.15) is 24.8 Å². The first-order valence-corrected chi connectivity index (χ1v) is 10.8. The Labute approximate surface area is 179 Å². The largest absolute Gasteiger partial charge is 0.398 e. The van der Waals surface area contributed by atoms with Gasteiger partial charge in [-0.1, -0.05) is 11.6 Å². The SMILES string of the molecule is Nc1ccc(Cl)cc1CN1CCN(C(=O)CCNC(=O)C2C3CC(F)(F)CC32)CC1. The monoisotopic (exact) mass is 440 g/mol. The maximum absolute atomic E-state index is 13.2. The quantitative estimate of drug-likeness (QED) is 0.666. The van der Waals surface area contributed by atoms with Crippen LogP contribution in [-0.2, 0) is 16.1 Å². The number of benzene rings is 1. The van der Waals surface area contributed by atoms with Crippen LogP contribution in [0.2, 0.25) is 5.02 Å². The van der Waals surface area contributed by atoms with Gasteiger partial charge < -0.3 is 16.0 Å². The molecule has 0 radical (unpaired) electrons. The maximum Gasteiger partial charge on any atom is 0.248 e. The number of nitrogens with two attached hydrogens (primary N) is 1. The number of hydrogen-bond acceptors (Lipinski definition) is 4. The molecule has 30 heavy (non-hydrogen) atoms. The van der Waals surface area contributed by atoms with Crippen molar-refractivity contribution in [3.63, 3.8) is 0 Å². The molecule has 1 saturated heterocycles. The average molecular weight is 441 g/mol. The molecule has 2 saturated carbocycles. The summed E-state index contributed by atoms with van der Waals surface area (Å²) in [5.41, 5.74) is 7.69. The van der Waals surface area contributed by atoms with Crippen LogP contribution in [0.25, 0.3) is 0 Å². The number of anilines is 1. The number of nitrogens with zero attached hydrogens (tertiary/aromatic N) is 2. The van der Waals surface area contributed by atoms with Crippen molar-refractivity contribution >= 4 is 29.1 Å². The summed E-state index contributed by atoms with van der Waals surface area (Å²) in [7, 11) is 0. The average Bonchev–Trinajstić information content (AvgIpc) is 3.23. The van der Waals surface area contributed by atoms with E-state index in [0.29, 0.717) is 30.3 Å². The number of fused-ring (bicyclic) bond motifs is 1. The first-order valence-electron chi connectivity index (χ1n) is 10.4. The first kappa shape index (κ1) is 21.3. The highest BCUT2D eigenvalue weighted by molar-refractivity contribution is 6.30. The molecular weight excluding hydrogens is 414 g/mol. The second-order valence-electron chi connectivity index (χ2n) is 8.66. The van der Waals surface area contributed by atoms with E-state index in [2.05, 4.69) is 10.2 Å². The predicted octanol–water partition coefficient (Wildman–Crippen LogP) is 2.36. The van der Waals surface area contributed by atoms with E-state index in [1.807, 2.05) is 6.07 Å². The number of amides is 2. The Bertz CT molecular complexity index is 815. The summed E-state index contributed by atoms with van der Waals surface area (Å²) >= 11 is 6.04. The summed E-state index contributed by atoms with van der Waals surface area (Å²) in [5.74, 6) is -3.45. The summed E-state index contributed by atoms with van der Waals surface area (Å²) in [5, 5.41) is 3.41. The first-order chi connectivity index (χ1) is 14.2. The summed E-state index contributed by atoms with van der Waals surface area (Å²) in [6, 6.07) is 5.43. The molecular formula is C21H27ClF2N4O2. The Morgan fingerprint density at radius 2 is 1.83 bits per heavy atom. The summed E-state index contributed by atoms with van der Waals surface area (Å²) < 4.78 is 26.4. The minimum Gasteiger partial charge on any atom is -0.398 e. The van der Waals surface area contributed by atoms with Crippen molar-refractivity contribution < 1.29 is 18.4 Å². The molecule has 2 aliphatic carbocycles. The van der Waals surface area contributed by atoms with E-state index in [0.717, 1.165) is 18.7 Å². The van der Waals surface area contributed by atoms with E-state index in [1.54, 1.807) is 17.0 Å². The Hall–Kier alpha value is -1.93. The third kappa shape index (κ3) is 4.70. The van der Waals surface area contributed by atoms with Gasteiger partial charge in [-0.15, -0.1) is 0 Å². The normalized spacial score (nSPS) is 27.6. The molecule has 3 aliphatic rings. The summed E-state index contributed by atoms with van der Waals surface area (Å²) in [4.78, 5) is 28.6. The van der Waals surface area contributed by atoms with Crippen LogP contribution in [0.15, 0.2) is 18.2 Å². The van der Waals surface area contributed by atoms with Crippen LogP contribution in [-0.4, -0.2) is 60.3 Å². The highest BCUT2D eigenvalue weighted by Crippen LogP contribution is 2.62. The molecule has 2 atom stereocenters. The fourth-order valence-corrected chi connectivity index (χ4v) is 5.03. The van der Waals surface area contributed by atoms with Gasteiger partial charge in [-0.25, -0.2) is 8.78 Å². The number of alkyl halides is 2. The van der Waals surface area contributed by atoms with Crippen LogP contribution >= 0.6 is 11.6 Å². The molecule has 0 bridgehead atoms. The van der Waals surface area contributed by atoms with Crippen molar-refractivity contribution in [3.05, 3.63) is 28.8 Å². The molecule has 2 amide bonds. The topological polar surface area (TPSA) is 78.7 Å². The van der Waals surface area contributed by atoms with Gasteiger partial charge in [0.25, 0.3) is 0 Å². The number of halogens is 3. The molecule has 6 nitrogen and oxygen atoms in total. The molecule has 3 N–H and O–H groups in total. The molecule has 3 fully saturated rings. The molecule has 0 aromatic heterocycles. The Morgan fingerprint density at radius 1 is 1.17 bits per heavy atom. The van der Waals surface area contributed by atoms with E-state index in [1.165, 1.54) is 0 Å². The lowest BCUT2D eigenvalue weighted by molar-refractivity contribution is -0.133. The number of rotatable bonds is 6. The lowest BCUT2D eigenvalue weighted by Crippen LogP contribution is -2.48. The van der Waals surface area contributed by atoms with Gasteiger partial charge in [0.1, 0.15) is 0 Å². The number of piperazine rings is 1. The summed E-state index contributed by atoms with van der Waals surface area (Å²) in [6.45, 7) is 3.66.